The summed E-state index contributed by atoms with van der Waals surface area (Å²) < 4.78 is 7.19. The summed E-state index contributed by atoms with van der Waals surface area (Å²) in [7, 11) is 1.61. The van der Waals surface area contributed by atoms with Crippen LogP contribution >= 0.6 is 0 Å². The molecule has 3 aromatic heterocycles. The zero-order valence-corrected chi connectivity index (χ0v) is 11.6. The Hall–Kier alpha value is -2.89. The van der Waals surface area contributed by atoms with Crippen LogP contribution in [0.1, 0.15) is 5.56 Å². The molecule has 0 saturated heterocycles. The quantitative estimate of drug-likeness (QED) is 0.791. The van der Waals surface area contributed by atoms with Crippen LogP contribution in [-0.2, 0) is 6.54 Å². The zero-order valence-electron chi connectivity index (χ0n) is 11.6. The first kappa shape index (κ1) is 13.1. The van der Waals surface area contributed by atoms with E-state index in [-0.39, 0.29) is 0 Å². The molecule has 0 bridgehead atoms. The number of aromatic nitrogens is 4. The lowest BCUT2D eigenvalue weighted by atomic mass is 10.2. The molecule has 21 heavy (non-hydrogen) atoms. The largest absolute Gasteiger partial charge is 0.481 e. The zero-order chi connectivity index (χ0) is 14.7. The molecule has 2 N–H and O–H groups in total. The second-order valence-corrected chi connectivity index (χ2v) is 4.58. The Morgan fingerprint density at radius 3 is 2.86 bits per heavy atom. The monoisotopic (exact) mass is 281 g/mol. The number of hydrogen-bond acceptors (Lipinski definition) is 5. The summed E-state index contributed by atoms with van der Waals surface area (Å²) in [5, 5.41) is 0. The van der Waals surface area contributed by atoms with Gasteiger partial charge in [-0.25, -0.2) is 15.0 Å². The van der Waals surface area contributed by atoms with Gasteiger partial charge in [0.15, 0.2) is 0 Å². The van der Waals surface area contributed by atoms with Crippen molar-refractivity contribution in [2.45, 2.75) is 6.54 Å². The van der Waals surface area contributed by atoms with Crippen LogP contribution in [0.3, 0.4) is 0 Å². The van der Waals surface area contributed by atoms with Crippen molar-refractivity contribution < 1.29 is 4.74 Å². The Morgan fingerprint density at radius 1 is 1.19 bits per heavy atom. The van der Waals surface area contributed by atoms with Gasteiger partial charge in [0.2, 0.25) is 5.88 Å². The summed E-state index contributed by atoms with van der Waals surface area (Å²) in [6, 6.07) is 7.61. The lowest BCUT2D eigenvalue weighted by Gasteiger charge is -2.09. The highest BCUT2D eigenvalue weighted by atomic mass is 16.5. The predicted octanol–water partition coefficient (Wildman–Crippen LogP) is 1.98. The van der Waals surface area contributed by atoms with Crippen LogP contribution in [0.25, 0.3) is 11.3 Å². The van der Waals surface area contributed by atoms with Gasteiger partial charge in [-0.2, -0.15) is 0 Å². The Morgan fingerprint density at radius 2 is 2.05 bits per heavy atom. The van der Waals surface area contributed by atoms with Gasteiger partial charge in [0.25, 0.3) is 0 Å². The maximum atomic E-state index is 5.74. The first-order valence-electron chi connectivity index (χ1n) is 6.47. The Balaban J connectivity index is 1.92. The minimum Gasteiger partial charge on any atom is -0.481 e. The van der Waals surface area contributed by atoms with Crippen LogP contribution in [0.2, 0.25) is 0 Å². The molecule has 0 aliphatic carbocycles. The van der Waals surface area contributed by atoms with Crippen LogP contribution in [0.4, 0.5) is 5.82 Å². The minimum absolute atomic E-state index is 0.492. The van der Waals surface area contributed by atoms with Gasteiger partial charge in [0.1, 0.15) is 5.82 Å². The van der Waals surface area contributed by atoms with Crippen molar-refractivity contribution in [3.05, 3.63) is 54.7 Å². The molecular weight excluding hydrogens is 266 g/mol. The third-order valence-electron chi connectivity index (χ3n) is 3.15. The molecule has 0 amide bonds. The molecule has 0 fully saturated rings. The van der Waals surface area contributed by atoms with Gasteiger partial charge in [-0.3, -0.25) is 0 Å². The molecule has 3 heterocycles. The number of nitrogen functional groups attached to an aromatic ring is 1. The Bertz CT molecular complexity index is 753. The van der Waals surface area contributed by atoms with E-state index in [1.165, 1.54) is 0 Å². The fraction of sp³-hybridized carbons (Fsp3) is 0.133. The van der Waals surface area contributed by atoms with Gasteiger partial charge in [0.05, 0.1) is 25.3 Å². The van der Waals surface area contributed by atoms with Gasteiger partial charge in [0, 0.05) is 30.6 Å². The van der Waals surface area contributed by atoms with E-state index in [4.69, 9.17) is 10.5 Å². The molecule has 0 atom stereocenters. The van der Waals surface area contributed by atoms with E-state index in [1.807, 2.05) is 35.0 Å². The molecule has 6 nitrogen and oxygen atoms in total. The molecule has 106 valence electrons. The summed E-state index contributed by atoms with van der Waals surface area (Å²) in [4.78, 5) is 12.3. The summed E-state index contributed by atoms with van der Waals surface area (Å²) in [5.41, 5.74) is 8.80. The number of rotatable bonds is 4. The maximum absolute atomic E-state index is 5.74. The van der Waals surface area contributed by atoms with Crippen LogP contribution in [0.15, 0.2) is 49.2 Å². The average molecular weight is 281 g/mol. The summed E-state index contributed by atoms with van der Waals surface area (Å²) in [6.07, 6.45) is 7.03. The first-order valence-corrected chi connectivity index (χ1v) is 6.47. The van der Waals surface area contributed by atoms with E-state index in [0.29, 0.717) is 18.2 Å². The van der Waals surface area contributed by atoms with Gasteiger partial charge in [-0.1, -0.05) is 0 Å². The third-order valence-corrected chi connectivity index (χ3v) is 3.15. The highest BCUT2D eigenvalue weighted by Crippen LogP contribution is 2.21. The summed E-state index contributed by atoms with van der Waals surface area (Å²) in [5.74, 6) is 1.09. The number of methoxy groups -OCH3 is 1. The molecule has 0 saturated carbocycles. The molecule has 0 radical (unpaired) electrons. The molecule has 3 rings (SSSR count). The smallest absolute Gasteiger partial charge is 0.213 e. The number of pyridine rings is 2. The number of imidazole rings is 1. The number of anilines is 1. The average Bonchev–Trinajstić information content (AvgIpc) is 2.95. The van der Waals surface area contributed by atoms with Crippen LogP contribution in [-0.4, -0.2) is 26.6 Å². The van der Waals surface area contributed by atoms with Crippen LogP contribution in [0, 0.1) is 0 Å². The van der Waals surface area contributed by atoms with E-state index in [9.17, 15) is 0 Å². The van der Waals surface area contributed by atoms with E-state index in [0.717, 1.165) is 16.8 Å². The number of ether oxygens (including phenoxy) is 1. The molecule has 0 unspecified atom stereocenters. The standard InChI is InChI=1S/C15H15N5O/c1-21-15-6-11(2-4-19-15)9-20-10-17-8-13(20)12-3-5-18-14(16)7-12/h2-8,10H,9H2,1H3,(H2,16,18). The SMILES string of the molecule is COc1cc(Cn2cncc2-c2ccnc(N)c2)ccn1. The maximum Gasteiger partial charge on any atom is 0.213 e. The molecule has 0 aliphatic heterocycles. The fourth-order valence-electron chi connectivity index (χ4n) is 2.15. The highest BCUT2D eigenvalue weighted by Gasteiger charge is 2.07. The lowest BCUT2D eigenvalue weighted by Crippen LogP contribution is -2.01. The predicted molar refractivity (Wildman–Crippen MR) is 79.8 cm³/mol. The highest BCUT2D eigenvalue weighted by molar-refractivity contribution is 5.61. The van der Waals surface area contributed by atoms with E-state index in [1.54, 1.807) is 25.8 Å². The van der Waals surface area contributed by atoms with Gasteiger partial charge < -0.3 is 15.0 Å². The third kappa shape index (κ3) is 2.84. The van der Waals surface area contributed by atoms with Crippen molar-refractivity contribution in [2.75, 3.05) is 12.8 Å². The molecule has 0 aliphatic rings. The molecule has 3 aromatic rings. The van der Waals surface area contributed by atoms with Crippen molar-refractivity contribution in [2.24, 2.45) is 0 Å². The van der Waals surface area contributed by atoms with Gasteiger partial charge in [-0.15, -0.1) is 0 Å². The minimum atomic E-state index is 0.492. The van der Waals surface area contributed by atoms with E-state index >= 15 is 0 Å². The first-order chi connectivity index (χ1) is 10.3. The second kappa shape index (κ2) is 5.62. The van der Waals surface area contributed by atoms with E-state index < -0.39 is 0 Å². The molecule has 0 aromatic carbocycles. The van der Waals surface area contributed by atoms with Crippen molar-refractivity contribution in [3.63, 3.8) is 0 Å². The number of nitrogens with two attached hydrogens (primary N) is 1. The van der Waals surface area contributed by atoms with Gasteiger partial charge >= 0.3 is 0 Å². The Kier molecular flexibility index (Phi) is 3.51. The second-order valence-electron chi connectivity index (χ2n) is 4.58. The van der Waals surface area contributed by atoms with Crippen molar-refractivity contribution in [1.29, 1.82) is 0 Å². The van der Waals surface area contributed by atoms with E-state index in [2.05, 4.69) is 15.0 Å². The normalized spacial score (nSPS) is 10.5. The van der Waals surface area contributed by atoms with Crippen molar-refractivity contribution in [3.8, 4) is 17.1 Å². The fourth-order valence-corrected chi connectivity index (χ4v) is 2.15. The lowest BCUT2D eigenvalue weighted by molar-refractivity contribution is 0.397. The molecule has 6 heteroatoms. The summed E-state index contributed by atoms with van der Waals surface area (Å²) in [6.45, 7) is 0.677. The number of nitrogens with zero attached hydrogens (tertiary/aromatic N) is 4. The number of hydrogen-bond donors (Lipinski definition) is 1. The van der Waals surface area contributed by atoms with Crippen LogP contribution in [0.5, 0.6) is 5.88 Å². The molecular formula is C15H15N5O. The van der Waals surface area contributed by atoms with Gasteiger partial charge in [-0.05, 0) is 23.8 Å². The Labute approximate surface area is 122 Å². The molecule has 0 spiro atoms. The van der Waals surface area contributed by atoms with Crippen molar-refractivity contribution >= 4 is 5.82 Å². The van der Waals surface area contributed by atoms with Crippen LogP contribution < -0.4 is 10.5 Å². The summed E-state index contributed by atoms with van der Waals surface area (Å²) >= 11 is 0. The van der Waals surface area contributed by atoms with Crippen molar-refractivity contribution in [1.82, 2.24) is 19.5 Å². The topological polar surface area (TPSA) is 78.8 Å².